The van der Waals surface area contributed by atoms with E-state index in [1.807, 2.05) is 6.92 Å². The quantitative estimate of drug-likeness (QED) is 0.240. The number of aromatic nitrogens is 3. The molecule has 0 unspecified atom stereocenters. The van der Waals surface area contributed by atoms with Gasteiger partial charge in [0.15, 0.2) is 5.65 Å². The molecular formula is C25H29IN7O7PS. The van der Waals surface area contributed by atoms with E-state index in [2.05, 4.69) is 33.4 Å². The Hall–Kier alpha value is -2.81. The van der Waals surface area contributed by atoms with E-state index in [0.717, 1.165) is 28.2 Å². The molecular weight excluding hydrogens is 700 g/mol. The Morgan fingerprint density at radius 3 is 2.71 bits per heavy atom. The smallest absolute Gasteiger partial charge is 0.352 e. The summed E-state index contributed by atoms with van der Waals surface area (Å²) in [5, 5.41) is 14.2. The van der Waals surface area contributed by atoms with Crippen molar-refractivity contribution in [2.75, 3.05) is 35.5 Å². The maximum absolute atomic E-state index is 13.9. The normalized spacial score (nSPS) is 21.5. The summed E-state index contributed by atoms with van der Waals surface area (Å²) in [4.78, 5) is 40.6. The second-order valence-corrected chi connectivity index (χ2v) is 14.7. The van der Waals surface area contributed by atoms with Crippen LogP contribution in [-0.4, -0.2) is 75.6 Å². The molecule has 2 aromatic heterocycles. The molecule has 17 heteroatoms. The zero-order valence-corrected chi connectivity index (χ0v) is 26.6. The van der Waals surface area contributed by atoms with Crippen LogP contribution in [-0.2, 0) is 19.1 Å². The highest BCUT2D eigenvalue weighted by molar-refractivity contribution is 14.1. The molecule has 2 fully saturated rings. The van der Waals surface area contributed by atoms with Gasteiger partial charge in [-0.05, 0) is 67.0 Å². The first-order valence-electron chi connectivity index (χ1n) is 13.1. The zero-order chi connectivity index (χ0) is 30.4. The van der Waals surface area contributed by atoms with Gasteiger partial charge in [-0.25, -0.2) is 22.5 Å². The first-order chi connectivity index (χ1) is 19.7. The first-order valence-corrected chi connectivity index (χ1v) is 17.6. The van der Waals surface area contributed by atoms with Crippen molar-refractivity contribution < 1.29 is 32.1 Å². The minimum atomic E-state index is -4.78. The average Bonchev–Trinajstić information content (AvgIpc) is 3.50. The largest absolute Gasteiger partial charge is 0.469 e. The Labute approximate surface area is 256 Å². The Bertz CT molecular complexity index is 1740. The van der Waals surface area contributed by atoms with Crippen molar-refractivity contribution in [2.45, 2.75) is 38.3 Å². The molecule has 5 rings (SSSR count). The molecule has 4 heterocycles. The number of likely N-dealkylation sites (tertiary alicyclic amines) is 1. The summed E-state index contributed by atoms with van der Waals surface area (Å²) in [5.74, 6) is -0.514. The number of phosphoric acid groups is 1. The lowest BCUT2D eigenvalue weighted by Gasteiger charge is -2.35. The molecule has 0 aliphatic carbocycles. The van der Waals surface area contributed by atoms with Gasteiger partial charge in [-0.1, -0.05) is 0 Å². The Morgan fingerprint density at radius 2 is 2.02 bits per heavy atom. The van der Waals surface area contributed by atoms with Crippen LogP contribution in [0.15, 0.2) is 30.5 Å². The van der Waals surface area contributed by atoms with Crippen LogP contribution in [0.1, 0.15) is 46.9 Å². The standard InChI is InChI=1S/C25H29IN7O7PS/c1-15-12-33-23(28-24(15)31-13-16(11-27)22(14-31)40-41(35,36)37)10-20(29-33)21-5-3-4-8-32(21)25(34)18-9-17(26)6-7-19(18)30-42(2,38)39/h6-7,9-10,12,16,21-22,30H,3-5,8,13-14H2,1-2H3,(H2,35,36,37)/t16-,21-,22+/m0/s1. The van der Waals surface area contributed by atoms with Crippen molar-refractivity contribution in [3.8, 4) is 6.07 Å². The number of carbonyl (C=O) groups is 1. The highest BCUT2D eigenvalue weighted by Gasteiger charge is 2.39. The van der Waals surface area contributed by atoms with Crippen LogP contribution in [0, 0.1) is 27.7 Å². The minimum absolute atomic E-state index is 0.0823. The number of nitrogens with one attached hydrogen (secondary N) is 1. The molecule has 2 saturated heterocycles. The summed E-state index contributed by atoms with van der Waals surface area (Å²) in [7, 11) is -8.39. The fraction of sp³-hybridized carbons (Fsp3) is 0.440. The van der Waals surface area contributed by atoms with Gasteiger partial charge in [0.25, 0.3) is 5.91 Å². The molecule has 2 aliphatic rings. The van der Waals surface area contributed by atoms with Crippen molar-refractivity contribution in [1.29, 1.82) is 5.26 Å². The number of nitrogens with zero attached hydrogens (tertiary/aromatic N) is 6. The van der Waals surface area contributed by atoms with Crippen LogP contribution in [0.5, 0.6) is 0 Å². The predicted molar refractivity (Wildman–Crippen MR) is 161 cm³/mol. The van der Waals surface area contributed by atoms with Crippen molar-refractivity contribution in [2.24, 2.45) is 5.92 Å². The molecule has 42 heavy (non-hydrogen) atoms. The van der Waals surface area contributed by atoms with E-state index in [-0.39, 0.29) is 36.3 Å². The van der Waals surface area contributed by atoms with Gasteiger partial charge >= 0.3 is 7.82 Å². The molecule has 1 amide bonds. The van der Waals surface area contributed by atoms with Crippen molar-refractivity contribution >= 4 is 63.5 Å². The number of hydrogen-bond acceptors (Lipinski definition) is 9. The molecule has 3 atom stereocenters. The molecule has 0 saturated carbocycles. The summed E-state index contributed by atoms with van der Waals surface area (Å²) in [6, 6.07) is 8.46. The highest BCUT2D eigenvalue weighted by Crippen LogP contribution is 2.42. The molecule has 224 valence electrons. The van der Waals surface area contributed by atoms with Crippen molar-refractivity contribution in [3.63, 3.8) is 0 Å². The summed E-state index contributed by atoms with van der Waals surface area (Å²) < 4.78 is 45.1. The van der Waals surface area contributed by atoms with Crippen LogP contribution in [0.2, 0.25) is 0 Å². The van der Waals surface area contributed by atoms with E-state index in [1.54, 1.807) is 44.8 Å². The lowest BCUT2D eigenvalue weighted by molar-refractivity contribution is 0.0606. The average molecular weight is 729 g/mol. The summed E-state index contributed by atoms with van der Waals surface area (Å²) in [6.45, 7) is 2.57. The maximum Gasteiger partial charge on any atom is 0.469 e. The number of amides is 1. The summed E-state index contributed by atoms with van der Waals surface area (Å²) in [6.07, 6.45) is 4.18. The van der Waals surface area contributed by atoms with E-state index in [1.165, 1.54) is 0 Å². The number of aryl methyl sites for hydroxylation is 1. The topological polar surface area (TPSA) is 190 Å². The number of sulfonamides is 1. The van der Waals surface area contributed by atoms with Crippen LogP contribution >= 0.6 is 30.4 Å². The Balaban J connectivity index is 1.45. The number of carbonyl (C=O) groups excluding carboxylic acids is 1. The third-order valence-corrected chi connectivity index (χ3v) is 9.05. The fourth-order valence-electron chi connectivity index (χ4n) is 5.48. The lowest BCUT2D eigenvalue weighted by Crippen LogP contribution is -2.39. The monoisotopic (exact) mass is 729 g/mol. The van der Waals surface area contributed by atoms with Crippen LogP contribution in [0.3, 0.4) is 0 Å². The number of nitriles is 1. The molecule has 0 spiro atoms. The van der Waals surface area contributed by atoms with E-state index in [4.69, 9.17) is 14.6 Å². The predicted octanol–water partition coefficient (Wildman–Crippen LogP) is 2.82. The van der Waals surface area contributed by atoms with Gasteiger partial charge in [0, 0.05) is 41.0 Å². The van der Waals surface area contributed by atoms with E-state index in [9.17, 15) is 32.8 Å². The lowest BCUT2D eigenvalue weighted by atomic mass is 9.98. The molecule has 3 aromatic rings. The molecule has 0 bridgehead atoms. The summed E-state index contributed by atoms with van der Waals surface area (Å²) >= 11 is 2.08. The van der Waals surface area contributed by atoms with E-state index >= 15 is 0 Å². The molecule has 14 nitrogen and oxygen atoms in total. The third kappa shape index (κ3) is 6.71. The number of phosphoric ester groups is 1. The van der Waals surface area contributed by atoms with Gasteiger partial charge in [-0.15, -0.1) is 0 Å². The van der Waals surface area contributed by atoms with Gasteiger partial charge < -0.3 is 19.6 Å². The fourth-order valence-corrected chi connectivity index (χ4v) is 7.11. The van der Waals surface area contributed by atoms with Gasteiger partial charge in [-0.2, -0.15) is 10.4 Å². The van der Waals surface area contributed by atoms with Gasteiger partial charge in [-0.3, -0.25) is 14.0 Å². The second-order valence-electron chi connectivity index (χ2n) is 10.5. The number of fused-ring (bicyclic) bond motifs is 1. The SMILES string of the molecule is Cc1cn2nc([C@@H]3CCCCN3C(=O)c3cc(I)ccc3NS(C)(=O)=O)cc2nc1N1C[C@H](C#N)[C@H](OP(=O)(O)O)C1. The van der Waals surface area contributed by atoms with Crippen LogP contribution in [0.25, 0.3) is 5.65 Å². The summed E-state index contributed by atoms with van der Waals surface area (Å²) in [5.41, 5.74) is 2.34. The highest BCUT2D eigenvalue weighted by atomic mass is 127. The number of halogens is 1. The first kappa shape index (κ1) is 30.6. The van der Waals surface area contributed by atoms with Crippen LogP contribution < -0.4 is 9.62 Å². The minimum Gasteiger partial charge on any atom is -0.352 e. The van der Waals surface area contributed by atoms with Crippen molar-refractivity contribution in [1.82, 2.24) is 19.5 Å². The molecule has 1 aromatic carbocycles. The Kier molecular flexibility index (Phi) is 8.54. The number of benzene rings is 1. The molecule has 2 aliphatic heterocycles. The molecule has 0 radical (unpaired) electrons. The van der Waals surface area contributed by atoms with Crippen LogP contribution in [0.4, 0.5) is 11.5 Å². The number of rotatable bonds is 7. The number of hydrogen-bond donors (Lipinski definition) is 3. The number of piperidine rings is 1. The second kappa shape index (κ2) is 11.7. The van der Waals surface area contributed by atoms with E-state index in [0.29, 0.717) is 30.1 Å². The third-order valence-electron chi connectivity index (χ3n) is 7.24. The van der Waals surface area contributed by atoms with Gasteiger partial charge in [0.1, 0.15) is 11.9 Å². The van der Waals surface area contributed by atoms with Gasteiger partial charge in [0.05, 0.1) is 41.2 Å². The Morgan fingerprint density at radius 1 is 1.26 bits per heavy atom. The number of anilines is 2. The zero-order valence-electron chi connectivity index (χ0n) is 22.7. The maximum atomic E-state index is 13.9. The van der Waals surface area contributed by atoms with Crippen molar-refractivity contribution in [3.05, 3.63) is 50.9 Å². The van der Waals surface area contributed by atoms with E-state index < -0.39 is 29.9 Å². The molecule has 3 N–H and O–H groups in total. The van der Waals surface area contributed by atoms with Gasteiger partial charge in [0.2, 0.25) is 10.0 Å².